The molecule has 0 radical (unpaired) electrons. The van der Waals surface area contributed by atoms with Crippen LogP contribution in [0.4, 0.5) is 13.2 Å². The Kier molecular flexibility index (Phi) is 3.72. The van der Waals surface area contributed by atoms with Gasteiger partial charge in [-0.1, -0.05) is 0 Å². The van der Waals surface area contributed by atoms with E-state index < -0.39 is 6.36 Å². The van der Waals surface area contributed by atoms with Crippen LogP contribution in [0.15, 0.2) is 12.1 Å². The highest BCUT2D eigenvalue weighted by Gasteiger charge is 2.33. The number of benzene rings is 1. The van der Waals surface area contributed by atoms with Crippen LogP contribution in [0, 0.1) is 7.14 Å². The van der Waals surface area contributed by atoms with Crippen molar-refractivity contribution in [1.82, 2.24) is 0 Å². The molecule has 0 heterocycles. The topological polar surface area (TPSA) is 29.5 Å². The lowest BCUT2D eigenvalue weighted by Crippen LogP contribution is -2.18. The van der Waals surface area contributed by atoms with Crippen LogP contribution >= 0.6 is 45.2 Å². The zero-order valence-electron chi connectivity index (χ0n) is 6.40. The maximum Gasteiger partial charge on any atom is 0.573 e. The highest BCUT2D eigenvalue weighted by Crippen LogP contribution is 2.36. The largest absolute Gasteiger partial charge is 0.573 e. The fourth-order valence-corrected chi connectivity index (χ4v) is 2.39. The summed E-state index contributed by atoms with van der Waals surface area (Å²) in [6.45, 7) is 0. The predicted molar refractivity (Wildman–Crippen MR) is 60.2 cm³/mol. The van der Waals surface area contributed by atoms with Crippen molar-refractivity contribution in [3.63, 3.8) is 0 Å². The third-order valence-electron chi connectivity index (χ3n) is 1.25. The van der Waals surface area contributed by atoms with Crippen molar-refractivity contribution in [1.29, 1.82) is 0 Å². The number of ether oxygens (including phenoxy) is 1. The van der Waals surface area contributed by atoms with Gasteiger partial charge in [0.2, 0.25) is 0 Å². The smallest absolute Gasteiger partial charge is 0.507 e. The van der Waals surface area contributed by atoms with Crippen LogP contribution in [0.5, 0.6) is 11.5 Å². The summed E-state index contributed by atoms with van der Waals surface area (Å²) >= 11 is 3.29. The molecule has 0 saturated carbocycles. The standard InChI is InChI=1S/C7H3F3I2O2/c8-7(9,10)14-6-3(11)1-2-4(13)5(6)12/h1-2,13H. The summed E-state index contributed by atoms with van der Waals surface area (Å²) < 4.78 is 39.9. The zero-order valence-corrected chi connectivity index (χ0v) is 10.7. The lowest BCUT2D eigenvalue weighted by Gasteiger charge is -2.12. The molecule has 2 nitrogen and oxygen atoms in total. The maximum atomic E-state index is 11.9. The van der Waals surface area contributed by atoms with E-state index in [1.54, 1.807) is 45.2 Å². The van der Waals surface area contributed by atoms with E-state index in [4.69, 9.17) is 5.11 Å². The molecule has 1 rings (SSSR count). The number of rotatable bonds is 1. The molecular weight excluding hydrogens is 427 g/mol. The average Bonchev–Trinajstić information content (AvgIpc) is 2.04. The zero-order chi connectivity index (χ0) is 10.9. The Morgan fingerprint density at radius 3 is 2.29 bits per heavy atom. The van der Waals surface area contributed by atoms with E-state index in [-0.39, 0.29) is 15.1 Å². The van der Waals surface area contributed by atoms with Crippen LogP contribution < -0.4 is 4.74 Å². The Morgan fingerprint density at radius 2 is 1.79 bits per heavy atom. The summed E-state index contributed by atoms with van der Waals surface area (Å²) in [4.78, 5) is 0. The number of aromatic hydroxyl groups is 1. The van der Waals surface area contributed by atoms with Crippen LogP contribution in [-0.4, -0.2) is 11.5 Å². The minimum absolute atomic E-state index is 0.0480. The highest BCUT2D eigenvalue weighted by atomic mass is 127. The molecular formula is C7H3F3I2O2. The first kappa shape index (κ1) is 12.1. The third kappa shape index (κ3) is 3.04. The molecule has 0 spiro atoms. The van der Waals surface area contributed by atoms with Crippen molar-refractivity contribution in [3.05, 3.63) is 19.3 Å². The molecule has 1 aromatic carbocycles. The summed E-state index contributed by atoms with van der Waals surface area (Å²) in [5.41, 5.74) is 0. The van der Waals surface area contributed by atoms with Gasteiger partial charge >= 0.3 is 6.36 Å². The summed E-state index contributed by atoms with van der Waals surface area (Å²) in [6, 6.07) is 2.66. The van der Waals surface area contributed by atoms with E-state index in [2.05, 4.69) is 4.74 Å². The van der Waals surface area contributed by atoms with E-state index in [1.165, 1.54) is 12.1 Å². The fraction of sp³-hybridized carbons (Fsp3) is 0.143. The van der Waals surface area contributed by atoms with Crippen molar-refractivity contribution < 1.29 is 23.0 Å². The number of halogens is 5. The van der Waals surface area contributed by atoms with Crippen molar-refractivity contribution in [3.8, 4) is 11.5 Å². The Labute approximate surface area is 105 Å². The fourth-order valence-electron chi connectivity index (χ4n) is 0.731. The molecule has 0 aliphatic rings. The van der Waals surface area contributed by atoms with Crippen molar-refractivity contribution >= 4 is 45.2 Å². The van der Waals surface area contributed by atoms with Crippen LogP contribution in [0.25, 0.3) is 0 Å². The second-order valence-corrected chi connectivity index (χ2v) is 4.50. The van der Waals surface area contributed by atoms with Gasteiger partial charge in [-0.05, 0) is 57.3 Å². The Balaban J connectivity index is 3.13. The second kappa shape index (κ2) is 4.29. The van der Waals surface area contributed by atoms with Crippen molar-refractivity contribution in [2.45, 2.75) is 6.36 Å². The predicted octanol–water partition coefficient (Wildman–Crippen LogP) is 3.50. The molecule has 0 bridgehead atoms. The van der Waals surface area contributed by atoms with Gasteiger partial charge in [0.25, 0.3) is 0 Å². The normalized spacial score (nSPS) is 11.5. The van der Waals surface area contributed by atoms with Crippen LogP contribution in [0.3, 0.4) is 0 Å². The summed E-state index contributed by atoms with van der Waals surface area (Å²) in [5.74, 6) is -0.594. The van der Waals surface area contributed by atoms with Crippen LogP contribution in [0.2, 0.25) is 0 Å². The van der Waals surface area contributed by atoms with E-state index in [9.17, 15) is 13.2 Å². The Bertz CT molecular complexity index is 352. The number of phenolic OH excluding ortho intramolecular Hbond substituents is 1. The Hall–Kier alpha value is 0.0700. The first-order valence-corrected chi connectivity index (χ1v) is 5.39. The van der Waals surface area contributed by atoms with Gasteiger partial charge < -0.3 is 9.84 Å². The van der Waals surface area contributed by atoms with Gasteiger partial charge in [0, 0.05) is 0 Å². The molecule has 78 valence electrons. The molecule has 14 heavy (non-hydrogen) atoms. The monoisotopic (exact) mass is 430 g/mol. The molecule has 0 aromatic heterocycles. The second-order valence-electron chi connectivity index (χ2n) is 2.26. The van der Waals surface area contributed by atoms with Crippen LogP contribution in [-0.2, 0) is 0 Å². The lowest BCUT2D eigenvalue weighted by molar-refractivity contribution is -0.275. The first-order valence-electron chi connectivity index (χ1n) is 3.24. The minimum Gasteiger partial charge on any atom is -0.507 e. The van der Waals surface area contributed by atoms with Crippen molar-refractivity contribution in [2.24, 2.45) is 0 Å². The number of hydrogen-bond donors (Lipinski definition) is 1. The molecule has 0 amide bonds. The number of hydrogen-bond acceptors (Lipinski definition) is 2. The summed E-state index contributed by atoms with van der Waals surface area (Å²) in [7, 11) is 0. The quantitative estimate of drug-likeness (QED) is 0.692. The van der Waals surface area contributed by atoms with E-state index >= 15 is 0 Å². The summed E-state index contributed by atoms with van der Waals surface area (Å²) in [6.07, 6.45) is -4.74. The van der Waals surface area contributed by atoms with Gasteiger partial charge in [0.15, 0.2) is 5.75 Å². The lowest BCUT2D eigenvalue weighted by atomic mass is 10.3. The van der Waals surface area contributed by atoms with E-state index in [0.717, 1.165) is 0 Å². The molecule has 0 aliphatic heterocycles. The van der Waals surface area contributed by atoms with Gasteiger partial charge in [-0.2, -0.15) is 0 Å². The first-order chi connectivity index (χ1) is 6.31. The Morgan fingerprint density at radius 1 is 1.21 bits per heavy atom. The molecule has 0 fully saturated rings. The highest BCUT2D eigenvalue weighted by molar-refractivity contribution is 14.1. The average molecular weight is 430 g/mol. The molecule has 1 aromatic rings. The van der Waals surface area contributed by atoms with Gasteiger partial charge in [0.1, 0.15) is 5.75 Å². The number of phenols is 1. The van der Waals surface area contributed by atoms with Gasteiger partial charge in [-0.3, -0.25) is 0 Å². The van der Waals surface area contributed by atoms with Gasteiger partial charge in [-0.15, -0.1) is 13.2 Å². The van der Waals surface area contributed by atoms with Gasteiger partial charge in [0.05, 0.1) is 7.14 Å². The summed E-state index contributed by atoms with van der Waals surface area (Å²) in [5, 5.41) is 9.16. The maximum absolute atomic E-state index is 11.9. The van der Waals surface area contributed by atoms with Crippen molar-refractivity contribution in [2.75, 3.05) is 0 Å². The molecule has 0 saturated heterocycles. The molecule has 0 atom stereocenters. The van der Waals surface area contributed by atoms with Crippen LogP contribution in [0.1, 0.15) is 0 Å². The molecule has 7 heteroatoms. The minimum atomic E-state index is -4.74. The third-order valence-corrected chi connectivity index (χ3v) is 3.14. The molecule has 0 unspecified atom stereocenters. The van der Waals surface area contributed by atoms with E-state index in [1.807, 2.05) is 0 Å². The molecule has 1 N–H and O–H groups in total. The SMILES string of the molecule is Oc1ccc(I)c(OC(F)(F)F)c1I. The molecule has 0 aliphatic carbocycles. The number of alkyl halides is 3. The van der Waals surface area contributed by atoms with Gasteiger partial charge in [-0.25, -0.2) is 0 Å². The van der Waals surface area contributed by atoms with E-state index in [0.29, 0.717) is 3.57 Å².